The Morgan fingerprint density at radius 1 is 1.12 bits per heavy atom. The maximum atomic E-state index is 13.8. The van der Waals surface area contributed by atoms with Gasteiger partial charge in [0.15, 0.2) is 0 Å². The van der Waals surface area contributed by atoms with Crippen molar-refractivity contribution in [2.75, 3.05) is 19.8 Å². The highest BCUT2D eigenvalue weighted by atomic mass is 19.1. The van der Waals surface area contributed by atoms with Crippen LogP contribution in [0.1, 0.15) is 34.0 Å². The first-order chi connectivity index (χ1) is 15.6. The summed E-state index contributed by atoms with van der Waals surface area (Å²) < 4.78 is 25.2. The smallest absolute Gasteiger partial charge is 0.251 e. The molecule has 0 aliphatic carbocycles. The highest BCUT2D eigenvalue weighted by molar-refractivity contribution is 5.94. The van der Waals surface area contributed by atoms with Gasteiger partial charge in [0.2, 0.25) is 0 Å². The van der Waals surface area contributed by atoms with Gasteiger partial charge in [0, 0.05) is 42.9 Å². The summed E-state index contributed by atoms with van der Waals surface area (Å²) >= 11 is 0. The average molecular weight is 435 g/mol. The zero-order valence-electron chi connectivity index (χ0n) is 18.1. The second kappa shape index (κ2) is 10.3. The molecule has 5 nitrogen and oxygen atoms in total. The van der Waals surface area contributed by atoms with Crippen LogP contribution >= 0.6 is 0 Å². The second-order valence-electron chi connectivity index (χ2n) is 7.73. The van der Waals surface area contributed by atoms with Gasteiger partial charge in [-0.1, -0.05) is 30.3 Å². The van der Waals surface area contributed by atoms with Crippen molar-refractivity contribution in [2.45, 2.75) is 26.6 Å². The maximum Gasteiger partial charge on any atom is 0.251 e. The van der Waals surface area contributed by atoms with Gasteiger partial charge in [0.1, 0.15) is 23.9 Å². The number of rotatable bonds is 7. The number of halogens is 1. The molecule has 0 unspecified atom stereocenters. The SMILES string of the molecule is CCOc1ccc(CN2CCOc3ccc(C(=O)NCc4ccccc4F)cc3C2)cc1. The summed E-state index contributed by atoms with van der Waals surface area (Å²) in [7, 11) is 0. The quantitative estimate of drug-likeness (QED) is 0.593. The van der Waals surface area contributed by atoms with Crippen molar-refractivity contribution in [1.82, 2.24) is 10.2 Å². The normalized spacial score (nSPS) is 13.6. The zero-order valence-corrected chi connectivity index (χ0v) is 18.1. The largest absolute Gasteiger partial charge is 0.494 e. The number of hydrogen-bond donors (Lipinski definition) is 1. The average Bonchev–Trinajstić information content (AvgIpc) is 3.01. The molecule has 1 N–H and O–H groups in total. The van der Waals surface area contributed by atoms with Crippen LogP contribution in [0.15, 0.2) is 66.7 Å². The Labute approximate surface area is 187 Å². The predicted molar refractivity (Wildman–Crippen MR) is 121 cm³/mol. The van der Waals surface area contributed by atoms with Gasteiger partial charge in [-0.3, -0.25) is 9.69 Å². The number of ether oxygens (including phenoxy) is 2. The summed E-state index contributed by atoms with van der Waals surface area (Å²) in [5.74, 6) is 1.10. The highest BCUT2D eigenvalue weighted by Crippen LogP contribution is 2.26. The van der Waals surface area contributed by atoms with Crippen molar-refractivity contribution >= 4 is 5.91 Å². The van der Waals surface area contributed by atoms with Gasteiger partial charge < -0.3 is 14.8 Å². The Morgan fingerprint density at radius 3 is 2.72 bits per heavy atom. The van der Waals surface area contributed by atoms with E-state index in [0.717, 1.165) is 30.2 Å². The number of amides is 1. The van der Waals surface area contributed by atoms with E-state index in [9.17, 15) is 9.18 Å². The summed E-state index contributed by atoms with van der Waals surface area (Å²) in [5, 5.41) is 2.80. The van der Waals surface area contributed by atoms with Gasteiger partial charge in [0.25, 0.3) is 5.91 Å². The lowest BCUT2D eigenvalue weighted by Gasteiger charge is -2.19. The number of carbonyl (C=O) groups is 1. The van der Waals surface area contributed by atoms with Crippen molar-refractivity contribution in [3.63, 3.8) is 0 Å². The number of nitrogens with one attached hydrogen (secondary N) is 1. The minimum absolute atomic E-state index is 0.142. The lowest BCUT2D eigenvalue weighted by molar-refractivity contribution is 0.0950. The lowest BCUT2D eigenvalue weighted by Crippen LogP contribution is -2.25. The molecule has 0 saturated carbocycles. The molecule has 0 aromatic heterocycles. The van der Waals surface area contributed by atoms with E-state index in [-0.39, 0.29) is 18.3 Å². The fourth-order valence-electron chi connectivity index (χ4n) is 3.76. The number of fused-ring (bicyclic) bond motifs is 1. The van der Waals surface area contributed by atoms with Crippen molar-refractivity contribution in [3.05, 3.63) is 94.8 Å². The van der Waals surface area contributed by atoms with Crippen LogP contribution in [-0.2, 0) is 19.6 Å². The molecule has 1 aliphatic rings. The van der Waals surface area contributed by atoms with Crippen LogP contribution in [0.5, 0.6) is 11.5 Å². The first-order valence-electron chi connectivity index (χ1n) is 10.8. The van der Waals surface area contributed by atoms with Crippen molar-refractivity contribution in [2.24, 2.45) is 0 Å². The van der Waals surface area contributed by atoms with E-state index in [2.05, 4.69) is 22.3 Å². The van der Waals surface area contributed by atoms with Gasteiger partial charge in [-0.05, 0) is 48.9 Å². The first kappa shape index (κ1) is 21.8. The van der Waals surface area contributed by atoms with E-state index in [1.165, 1.54) is 11.6 Å². The van der Waals surface area contributed by atoms with E-state index in [0.29, 0.717) is 30.9 Å². The number of benzene rings is 3. The Kier molecular flexibility index (Phi) is 7.02. The predicted octanol–water partition coefficient (Wildman–Crippen LogP) is 4.55. The maximum absolute atomic E-state index is 13.8. The van der Waals surface area contributed by atoms with Crippen LogP contribution in [0.4, 0.5) is 4.39 Å². The molecule has 0 fully saturated rings. The Hall–Kier alpha value is -3.38. The van der Waals surface area contributed by atoms with Crippen LogP contribution < -0.4 is 14.8 Å². The molecule has 0 saturated heterocycles. The molecule has 166 valence electrons. The monoisotopic (exact) mass is 434 g/mol. The fourth-order valence-corrected chi connectivity index (χ4v) is 3.76. The molecule has 3 aromatic carbocycles. The summed E-state index contributed by atoms with van der Waals surface area (Å²) in [6, 6.07) is 20.0. The van der Waals surface area contributed by atoms with Crippen molar-refractivity contribution in [3.8, 4) is 11.5 Å². The van der Waals surface area contributed by atoms with Crippen molar-refractivity contribution < 1.29 is 18.7 Å². The number of nitrogens with zero attached hydrogens (tertiary/aromatic N) is 1. The topological polar surface area (TPSA) is 50.8 Å². The third-order valence-electron chi connectivity index (χ3n) is 5.42. The Balaban J connectivity index is 1.42. The zero-order chi connectivity index (χ0) is 22.3. The van der Waals surface area contributed by atoms with E-state index >= 15 is 0 Å². The van der Waals surface area contributed by atoms with Crippen LogP contribution in [0, 0.1) is 5.82 Å². The van der Waals surface area contributed by atoms with E-state index in [4.69, 9.17) is 9.47 Å². The highest BCUT2D eigenvalue weighted by Gasteiger charge is 2.18. The number of carbonyl (C=O) groups excluding carboxylic acids is 1. The fraction of sp³-hybridized carbons (Fsp3) is 0.269. The molecule has 1 heterocycles. The summed E-state index contributed by atoms with van der Waals surface area (Å²) in [4.78, 5) is 15.0. The van der Waals surface area contributed by atoms with Gasteiger partial charge in [-0.2, -0.15) is 0 Å². The lowest BCUT2D eigenvalue weighted by atomic mass is 10.1. The Morgan fingerprint density at radius 2 is 1.94 bits per heavy atom. The molecule has 0 radical (unpaired) electrons. The molecule has 4 rings (SSSR count). The van der Waals surface area contributed by atoms with E-state index < -0.39 is 0 Å². The molecule has 0 atom stereocenters. The standard InChI is InChI=1S/C26H27FN2O3/c1-2-31-23-10-7-19(8-11-23)17-29-13-14-32-25-12-9-20(15-22(25)18-29)26(30)28-16-21-5-3-4-6-24(21)27/h3-12,15H,2,13-14,16-18H2,1H3,(H,28,30). The van der Waals surface area contributed by atoms with Gasteiger partial charge in [-0.15, -0.1) is 0 Å². The second-order valence-corrected chi connectivity index (χ2v) is 7.73. The third-order valence-corrected chi connectivity index (χ3v) is 5.42. The van der Waals surface area contributed by atoms with Gasteiger partial charge in [0.05, 0.1) is 6.61 Å². The van der Waals surface area contributed by atoms with Gasteiger partial charge >= 0.3 is 0 Å². The molecule has 32 heavy (non-hydrogen) atoms. The molecule has 0 bridgehead atoms. The molecular weight excluding hydrogens is 407 g/mol. The Bertz CT molecular complexity index is 1070. The van der Waals surface area contributed by atoms with E-state index in [1.54, 1.807) is 24.3 Å². The molecule has 1 aliphatic heterocycles. The minimum Gasteiger partial charge on any atom is -0.494 e. The molecular formula is C26H27FN2O3. The van der Waals surface area contributed by atoms with Crippen molar-refractivity contribution in [1.29, 1.82) is 0 Å². The molecule has 6 heteroatoms. The van der Waals surface area contributed by atoms with Crippen LogP contribution in [-0.4, -0.2) is 30.6 Å². The minimum atomic E-state index is -0.326. The summed E-state index contributed by atoms with van der Waals surface area (Å²) in [5.41, 5.74) is 3.15. The number of hydrogen-bond acceptors (Lipinski definition) is 4. The third kappa shape index (κ3) is 5.45. The molecule has 1 amide bonds. The van der Waals surface area contributed by atoms with Gasteiger partial charge in [-0.25, -0.2) is 4.39 Å². The molecule has 3 aromatic rings. The molecule has 0 spiro atoms. The van der Waals surface area contributed by atoms with Crippen LogP contribution in [0.25, 0.3) is 0 Å². The van der Waals surface area contributed by atoms with Crippen LogP contribution in [0.3, 0.4) is 0 Å². The summed E-state index contributed by atoms with van der Waals surface area (Å²) in [6.45, 7) is 5.59. The first-order valence-corrected chi connectivity index (χ1v) is 10.8. The summed E-state index contributed by atoms with van der Waals surface area (Å²) in [6.07, 6.45) is 0. The van der Waals surface area contributed by atoms with Crippen LogP contribution in [0.2, 0.25) is 0 Å². The van der Waals surface area contributed by atoms with E-state index in [1.807, 2.05) is 31.2 Å².